The van der Waals surface area contributed by atoms with E-state index in [0.29, 0.717) is 31.4 Å². The van der Waals surface area contributed by atoms with Gasteiger partial charge in [-0.15, -0.1) is 10.2 Å². The molecule has 1 atom stereocenters. The zero-order valence-electron chi connectivity index (χ0n) is 13.9. The number of aromatic nitrogens is 3. The molecule has 3 rings (SSSR count). The molecule has 9 heteroatoms. The third-order valence-corrected chi connectivity index (χ3v) is 3.93. The Morgan fingerprint density at radius 2 is 2.36 bits per heavy atom. The normalized spacial score (nSPS) is 18.0. The van der Waals surface area contributed by atoms with Gasteiger partial charge in [-0.1, -0.05) is 6.07 Å². The third kappa shape index (κ3) is 4.60. The molecule has 0 aliphatic carbocycles. The first-order valence-corrected chi connectivity index (χ1v) is 8.08. The van der Waals surface area contributed by atoms with Gasteiger partial charge in [0.15, 0.2) is 0 Å². The SMILES string of the molecule is Cc1nnc(CNC(=O)C[C@@H]2C(=O)NCCN2Cc2cccnc2)o1. The molecule has 0 aromatic carbocycles. The predicted molar refractivity (Wildman–Crippen MR) is 86.9 cm³/mol. The zero-order valence-corrected chi connectivity index (χ0v) is 13.9. The maximum Gasteiger partial charge on any atom is 0.237 e. The van der Waals surface area contributed by atoms with Gasteiger partial charge in [-0.25, -0.2) is 0 Å². The molecule has 1 fully saturated rings. The van der Waals surface area contributed by atoms with Crippen LogP contribution in [0.5, 0.6) is 0 Å². The van der Waals surface area contributed by atoms with E-state index in [0.717, 1.165) is 5.56 Å². The van der Waals surface area contributed by atoms with E-state index in [1.54, 1.807) is 19.3 Å². The second-order valence-electron chi connectivity index (χ2n) is 5.83. The van der Waals surface area contributed by atoms with E-state index in [-0.39, 0.29) is 24.8 Å². The smallest absolute Gasteiger partial charge is 0.237 e. The minimum absolute atomic E-state index is 0.0687. The molecule has 0 radical (unpaired) electrons. The van der Waals surface area contributed by atoms with E-state index in [1.165, 1.54) is 0 Å². The molecular formula is C16H20N6O3. The van der Waals surface area contributed by atoms with E-state index in [1.807, 2.05) is 17.0 Å². The van der Waals surface area contributed by atoms with E-state index in [9.17, 15) is 9.59 Å². The number of piperazine rings is 1. The van der Waals surface area contributed by atoms with Crippen molar-refractivity contribution < 1.29 is 14.0 Å². The summed E-state index contributed by atoms with van der Waals surface area (Å²) in [7, 11) is 0. The predicted octanol–water partition coefficient (Wildman–Crippen LogP) is -0.220. The van der Waals surface area contributed by atoms with Crippen LogP contribution in [-0.4, -0.2) is 51.0 Å². The van der Waals surface area contributed by atoms with Crippen molar-refractivity contribution in [1.29, 1.82) is 0 Å². The highest BCUT2D eigenvalue weighted by Gasteiger charge is 2.31. The quantitative estimate of drug-likeness (QED) is 0.745. The van der Waals surface area contributed by atoms with E-state index >= 15 is 0 Å². The maximum atomic E-state index is 12.2. The van der Waals surface area contributed by atoms with Gasteiger partial charge in [-0.05, 0) is 11.6 Å². The molecule has 0 bridgehead atoms. The van der Waals surface area contributed by atoms with Gasteiger partial charge < -0.3 is 15.1 Å². The maximum absolute atomic E-state index is 12.2. The van der Waals surface area contributed by atoms with Crippen LogP contribution in [-0.2, 0) is 22.7 Å². The van der Waals surface area contributed by atoms with Crippen molar-refractivity contribution in [2.45, 2.75) is 32.5 Å². The molecule has 0 unspecified atom stereocenters. The van der Waals surface area contributed by atoms with Crippen molar-refractivity contribution >= 4 is 11.8 Å². The average Bonchev–Trinajstić information content (AvgIpc) is 3.02. The molecule has 3 heterocycles. The number of rotatable bonds is 6. The molecular weight excluding hydrogens is 324 g/mol. The fourth-order valence-corrected chi connectivity index (χ4v) is 2.73. The van der Waals surface area contributed by atoms with Gasteiger partial charge in [0, 0.05) is 39.0 Å². The lowest BCUT2D eigenvalue weighted by molar-refractivity contribution is -0.134. The summed E-state index contributed by atoms with van der Waals surface area (Å²) >= 11 is 0. The molecule has 132 valence electrons. The van der Waals surface area contributed by atoms with Crippen molar-refractivity contribution in [1.82, 2.24) is 30.7 Å². The summed E-state index contributed by atoms with van der Waals surface area (Å²) < 4.78 is 5.21. The second-order valence-corrected chi connectivity index (χ2v) is 5.83. The molecule has 2 aromatic rings. The summed E-state index contributed by atoms with van der Waals surface area (Å²) in [4.78, 5) is 30.5. The summed E-state index contributed by atoms with van der Waals surface area (Å²) in [6, 6.07) is 3.29. The Balaban J connectivity index is 1.58. The van der Waals surface area contributed by atoms with Gasteiger partial charge in [-0.2, -0.15) is 0 Å². The fourth-order valence-electron chi connectivity index (χ4n) is 2.73. The lowest BCUT2D eigenvalue weighted by Gasteiger charge is -2.34. The number of hydrogen-bond acceptors (Lipinski definition) is 7. The van der Waals surface area contributed by atoms with Gasteiger partial charge in [0.2, 0.25) is 23.6 Å². The molecule has 9 nitrogen and oxygen atoms in total. The van der Waals surface area contributed by atoms with Crippen LogP contribution in [0.2, 0.25) is 0 Å². The lowest BCUT2D eigenvalue weighted by atomic mass is 10.1. The highest BCUT2D eigenvalue weighted by molar-refractivity contribution is 5.88. The topological polar surface area (TPSA) is 113 Å². The monoisotopic (exact) mass is 344 g/mol. The van der Waals surface area contributed by atoms with Gasteiger partial charge in [-0.3, -0.25) is 19.5 Å². The summed E-state index contributed by atoms with van der Waals surface area (Å²) in [6.45, 7) is 3.65. The Morgan fingerprint density at radius 3 is 3.08 bits per heavy atom. The van der Waals surface area contributed by atoms with Crippen LogP contribution in [0.25, 0.3) is 0 Å². The molecule has 1 saturated heterocycles. The lowest BCUT2D eigenvalue weighted by Crippen LogP contribution is -2.56. The minimum Gasteiger partial charge on any atom is -0.424 e. The van der Waals surface area contributed by atoms with Crippen LogP contribution in [0.15, 0.2) is 28.9 Å². The molecule has 2 N–H and O–H groups in total. The third-order valence-electron chi connectivity index (χ3n) is 3.93. The van der Waals surface area contributed by atoms with Gasteiger partial charge in [0.05, 0.1) is 19.0 Å². The first kappa shape index (κ1) is 17.0. The molecule has 25 heavy (non-hydrogen) atoms. The Kier molecular flexibility index (Phi) is 5.34. The van der Waals surface area contributed by atoms with E-state index in [2.05, 4.69) is 25.8 Å². The van der Waals surface area contributed by atoms with Crippen LogP contribution in [0.3, 0.4) is 0 Å². The highest BCUT2D eigenvalue weighted by atomic mass is 16.4. The largest absolute Gasteiger partial charge is 0.424 e. The molecule has 2 amide bonds. The van der Waals surface area contributed by atoms with Crippen molar-refractivity contribution in [2.24, 2.45) is 0 Å². The summed E-state index contributed by atoms with van der Waals surface area (Å²) in [5, 5.41) is 13.1. The van der Waals surface area contributed by atoms with Gasteiger partial charge in [0.1, 0.15) is 0 Å². The number of nitrogens with zero attached hydrogens (tertiary/aromatic N) is 4. The average molecular weight is 344 g/mol. The molecule has 1 aliphatic heterocycles. The number of amides is 2. The van der Waals surface area contributed by atoms with Crippen LogP contribution in [0.4, 0.5) is 0 Å². The number of nitrogens with one attached hydrogen (secondary N) is 2. The Labute approximate surface area is 144 Å². The fraction of sp³-hybridized carbons (Fsp3) is 0.438. The highest BCUT2D eigenvalue weighted by Crippen LogP contribution is 2.13. The Bertz CT molecular complexity index is 732. The van der Waals surface area contributed by atoms with Gasteiger partial charge in [0.25, 0.3) is 0 Å². The summed E-state index contributed by atoms with van der Waals surface area (Å²) in [6.07, 6.45) is 3.54. The van der Waals surface area contributed by atoms with Crippen LogP contribution in [0, 0.1) is 6.92 Å². The first-order chi connectivity index (χ1) is 12.1. The van der Waals surface area contributed by atoms with Crippen molar-refractivity contribution in [3.8, 4) is 0 Å². The summed E-state index contributed by atoms with van der Waals surface area (Å²) in [5.74, 6) is 0.401. The number of carbonyl (C=O) groups is 2. The van der Waals surface area contributed by atoms with Crippen LogP contribution >= 0.6 is 0 Å². The number of aryl methyl sites for hydroxylation is 1. The Hall–Kier alpha value is -2.81. The van der Waals surface area contributed by atoms with Gasteiger partial charge >= 0.3 is 0 Å². The van der Waals surface area contributed by atoms with Crippen molar-refractivity contribution in [3.63, 3.8) is 0 Å². The molecule has 1 aliphatic rings. The van der Waals surface area contributed by atoms with Crippen LogP contribution < -0.4 is 10.6 Å². The van der Waals surface area contributed by atoms with Crippen molar-refractivity contribution in [2.75, 3.05) is 13.1 Å². The zero-order chi connectivity index (χ0) is 17.6. The van der Waals surface area contributed by atoms with E-state index in [4.69, 9.17) is 4.42 Å². The minimum atomic E-state index is -0.515. The van der Waals surface area contributed by atoms with Crippen molar-refractivity contribution in [3.05, 3.63) is 41.9 Å². The number of pyridine rings is 1. The van der Waals surface area contributed by atoms with E-state index < -0.39 is 6.04 Å². The number of hydrogen-bond donors (Lipinski definition) is 2. The standard InChI is InChI=1S/C16H20N6O3/c1-11-20-21-15(25-11)9-19-14(23)7-13-16(24)18-5-6-22(13)10-12-3-2-4-17-8-12/h2-4,8,13H,5-7,9-10H2,1H3,(H,18,24)(H,19,23)/t13-/m1/s1. The Morgan fingerprint density at radius 1 is 1.48 bits per heavy atom. The molecule has 2 aromatic heterocycles. The summed E-state index contributed by atoms with van der Waals surface area (Å²) in [5.41, 5.74) is 1.00. The second kappa shape index (κ2) is 7.84. The number of carbonyl (C=O) groups excluding carboxylic acids is 2. The molecule has 0 spiro atoms. The first-order valence-electron chi connectivity index (χ1n) is 8.08. The molecule has 0 saturated carbocycles. The van der Waals surface area contributed by atoms with Crippen LogP contribution in [0.1, 0.15) is 23.8 Å².